The van der Waals surface area contributed by atoms with Gasteiger partial charge in [-0.1, -0.05) is 37.2 Å². The molecule has 8 heteroatoms. The zero-order valence-electron chi connectivity index (χ0n) is 16.1. The number of benzene rings is 1. The smallest absolute Gasteiger partial charge is 0.234 e. The van der Waals surface area contributed by atoms with Crippen molar-refractivity contribution in [2.24, 2.45) is 0 Å². The fraction of sp³-hybridized carbons (Fsp3) is 0.350. The number of ether oxygens (including phenoxy) is 1. The van der Waals surface area contributed by atoms with Crippen molar-refractivity contribution < 1.29 is 13.9 Å². The van der Waals surface area contributed by atoms with E-state index in [-0.39, 0.29) is 11.7 Å². The van der Waals surface area contributed by atoms with Crippen LogP contribution in [0.4, 0.5) is 5.69 Å². The lowest BCUT2D eigenvalue weighted by molar-refractivity contribution is -0.113. The maximum absolute atomic E-state index is 12.4. The fourth-order valence-corrected chi connectivity index (χ4v) is 3.43. The maximum atomic E-state index is 12.4. The Balaban J connectivity index is 1.68. The Kier molecular flexibility index (Phi) is 7.13. The van der Waals surface area contributed by atoms with E-state index in [9.17, 15) is 4.79 Å². The SMILES string of the molecule is CCCCn1c(SCC(=O)Nc2ccccc2OCC)nnc1-c1ccco1. The summed E-state index contributed by atoms with van der Waals surface area (Å²) in [6.07, 6.45) is 3.66. The summed E-state index contributed by atoms with van der Waals surface area (Å²) in [5.74, 6) is 2.12. The zero-order chi connectivity index (χ0) is 19.8. The van der Waals surface area contributed by atoms with Crippen molar-refractivity contribution >= 4 is 23.4 Å². The number of thioether (sulfide) groups is 1. The van der Waals surface area contributed by atoms with Crippen LogP contribution in [0.3, 0.4) is 0 Å². The summed E-state index contributed by atoms with van der Waals surface area (Å²) in [6, 6.07) is 11.1. The van der Waals surface area contributed by atoms with Gasteiger partial charge in [-0.25, -0.2) is 0 Å². The molecule has 0 saturated heterocycles. The van der Waals surface area contributed by atoms with E-state index in [2.05, 4.69) is 22.4 Å². The number of anilines is 1. The van der Waals surface area contributed by atoms with Crippen LogP contribution >= 0.6 is 11.8 Å². The van der Waals surface area contributed by atoms with Crippen LogP contribution in [0.1, 0.15) is 26.7 Å². The summed E-state index contributed by atoms with van der Waals surface area (Å²) in [4.78, 5) is 12.4. The predicted octanol–water partition coefficient (Wildman–Crippen LogP) is 4.47. The molecule has 3 aromatic rings. The largest absolute Gasteiger partial charge is 0.492 e. The molecule has 0 aliphatic carbocycles. The molecule has 0 atom stereocenters. The van der Waals surface area contributed by atoms with Gasteiger partial charge in [0.15, 0.2) is 16.7 Å². The van der Waals surface area contributed by atoms with E-state index in [0.29, 0.717) is 34.8 Å². The molecule has 1 amide bonds. The Hall–Kier alpha value is -2.74. The molecule has 28 heavy (non-hydrogen) atoms. The Labute approximate surface area is 168 Å². The first-order chi connectivity index (χ1) is 13.7. The molecule has 2 heterocycles. The number of carbonyl (C=O) groups is 1. The topological polar surface area (TPSA) is 82.2 Å². The number of nitrogens with one attached hydrogen (secondary N) is 1. The highest BCUT2D eigenvalue weighted by atomic mass is 32.2. The number of amides is 1. The van der Waals surface area contributed by atoms with Crippen LogP contribution in [0.2, 0.25) is 0 Å². The van der Waals surface area contributed by atoms with Crippen molar-refractivity contribution in [1.82, 2.24) is 14.8 Å². The minimum absolute atomic E-state index is 0.123. The van der Waals surface area contributed by atoms with Gasteiger partial charge < -0.3 is 14.5 Å². The molecule has 0 fully saturated rings. The summed E-state index contributed by atoms with van der Waals surface area (Å²) in [6.45, 7) is 5.36. The van der Waals surface area contributed by atoms with E-state index in [4.69, 9.17) is 9.15 Å². The zero-order valence-corrected chi connectivity index (χ0v) is 16.9. The number of furan rings is 1. The van der Waals surface area contributed by atoms with Gasteiger partial charge in [-0.2, -0.15) is 0 Å². The quantitative estimate of drug-likeness (QED) is 0.506. The lowest BCUT2D eigenvalue weighted by atomic mass is 10.3. The van der Waals surface area contributed by atoms with Gasteiger partial charge in [-0.05, 0) is 37.6 Å². The summed E-state index contributed by atoms with van der Waals surface area (Å²) >= 11 is 1.36. The van der Waals surface area contributed by atoms with Crippen molar-refractivity contribution in [2.75, 3.05) is 17.7 Å². The number of unbranched alkanes of at least 4 members (excludes halogenated alkanes) is 1. The van der Waals surface area contributed by atoms with Gasteiger partial charge in [-0.15, -0.1) is 10.2 Å². The standard InChI is InChI=1S/C20H24N4O3S/c1-3-5-12-24-19(17-11-8-13-27-17)22-23-20(24)28-14-18(25)21-15-9-6-7-10-16(15)26-4-2/h6-11,13H,3-5,12,14H2,1-2H3,(H,21,25). The van der Waals surface area contributed by atoms with E-state index in [1.54, 1.807) is 6.26 Å². The number of nitrogens with zero attached hydrogens (tertiary/aromatic N) is 3. The molecule has 1 N–H and O–H groups in total. The summed E-state index contributed by atoms with van der Waals surface area (Å²) in [7, 11) is 0. The first-order valence-corrected chi connectivity index (χ1v) is 10.3. The van der Waals surface area contributed by atoms with Crippen LogP contribution in [-0.4, -0.2) is 33.0 Å². The summed E-state index contributed by atoms with van der Waals surface area (Å²) in [5.41, 5.74) is 0.665. The van der Waals surface area contributed by atoms with Crippen LogP contribution in [0.25, 0.3) is 11.6 Å². The number of carbonyl (C=O) groups excluding carboxylic acids is 1. The molecule has 2 aromatic heterocycles. The molecule has 0 radical (unpaired) electrons. The van der Waals surface area contributed by atoms with Gasteiger partial charge in [0.2, 0.25) is 5.91 Å². The second-order valence-electron chi connectivity index (χ2n) is 6.05. The molecule has 0 spiro atoms. The monoisotopic (exact) mass is 400 g/mol. The van der Waals surface area contributed by atoms with Crippen molar-refractivity contribution in [3.63, 3.8) is 0 Å². The third-order valence-corrected chi connectivity index (χ3v) is 4.95. The fourth-order valence-electron chi connectivity index (χ4n) is 2.67. The van der Waals surface area contributed by atoms with Crippen molar-refractivity contribution in [3.05, 3.63) is 42.7 Å². The number of hydrogen-bond acceptors (Lipinski definition) is 6. The average Bonchev–Trinajstić information content (AvgIpc) is 3.36. The Morgan fingerprint density at radius 3 is 2.82 bits per heavy atom. The molecule has 0 bridgehead atoms. The molecular formula is C20H24N4O3S. The Morgan fingerprint density at radius 2 is 2.07 bits per heavy atom. The Morgan fingerprint density at radius 1 is 1.21 bits per heavy atom. The number of aromatic nitrogens is 3. The molecular weight excluding hydrogens is 376 g/mol. The van der Waals surface area contributed by atoms with Gasteiger partial charge in [0.25, 0.3) is 0 Å². The van der Waals surface area contributed by atoms with Gasteiger partial charge in [0.05, 0.1) is 24.3 Å². The lowest BCUT2D eigenvalue weighted by Gasteiger charge is -2.11. The molecule has 0 unspecified atom stereocenters. The summed E-state index contributed by atoms with van der Waals surface area (Å²) in [5, 5.41) is 12.1. The normalized spacial score (nSPS) is 10.8. The highest BCUT2D eigenvalue weighted by Gasteiger charge is 2.17. The average molecular weight is 401 g/mol. The molecule has 148 valence electrons. The van der Waals surface area contributed by atoms with Crippen molar-refractivity contribution in [1.29, 1.82) is 0 Å². The van der Waals surface area contributed by atoms with Gasteiger partial charge in [0, 0.05) is 6.54 Å². The minimum Gasteiger partial charge on any atom is -0.492 e. The van der Waals surface area contributed by atoms with E-state index < -0.39 is 0 Å². The minimum atomic E-state index is -0.123. The molecule has 1 aromatic carbocycles. The molecule has 0 aliphatic rings. The van der Waals surface area contributed by atoms with Crippen molar-refractivity contribution in [2.45, 2.75) is 38.4 Å². The van der Waals surface area contributed by atoms with Crippen LogP contribution < -0.4 is 10.1 Å². The molecule has 0 saturated carbocycles. The third-order valence-electron chi connectivity index (χ3n) is 3.99. The first kappa shape index (κ1) is 20.0. The second kappa shape index (κ2) is 9.98. The predicted molar refractivity (Wildman–Crippen MR) is 110 cm³/mol. The van der Waals surface area contributed by atoms with E-state index in [0.717, 1.165) is 19.4 Å². The molecule has 0 aliphatic heterocycles. The molecule has 3 rings (SSSR count). The number of hydrogen-bond donors (Lipinski definition) is 1. The maximum Gasteiger partial charge on any atom is 0.234 e. The number of rotatable bonds is 10. The van der Waals surface area contributed by atoms with Crippen LogP contribution in [0.15, 0.2) is 52.2 Å². The van der Waals surface area contributed by atoms with Crippen LogP contribution in [-0.2, 0) is 11.3 Å². The lowest BCUT2D eigenvalue weighted by Crippen LogP contribution is -2.15. The van der Waals surface area contributed by atoms with Crippen molar-refractivity contribution in [3.8, 4) is 17.3 Å². The van der Waals surface area contributed by atoms with E-state index >= 15 is 0 Å². The van der Waals surface area contributed by atoms with E-state index in [1.165, 1.54) is 11.8 Å². The highest BCUT2D eigenvalue weighted by molar-refractivity contribution is 7.99. The van der Waals surface area contributed by atoms with Gasteiger partial charge >= 0.3 is 0 Å². The van der Waals surface area contributed by atoms with Gasteiger partial charge in [0.1, 0.15) is 5.75 Å². The highest BCUT2D eigenvalue weighted by Crippen LogP contribution is 2.26. The Bertz CT molecular complexity index is 893. The number of para-hydroxylation sites is 2. The van der Waals surface area contributed by atoms with Gasteiger partial charge in [-0.3, -0.25) is 9.36 Å². The second-order valence-corrected chi connectivity index (χ2v) is 7.00. The van der Waals surface area contributed by atoms with Crippen LogP contribution in [0, 0.1) is 0 Å². The van der Waals surface area contributed by atoms with Crippen LogP contribution in [0.5, 0.6) is 5.75 Å². The third kappa shape index (κ3) is 4.95. The van der Waals surface area contributed by atoms with E-state index in [1.807, 2.05) is 47.9 Å². The summed E-state index contributed by atoms with van der Waals surface area (Å²) < 4.78 is 13.0. The molecule has 7 nitrogen and oxygen atoms in total. The first-order valence-electron chi connectivity index (χ1n) is 9.34.